The Morgan fingerprint density at radius 2 is 2.03 bits per heavy atom. The van der Waals surface area contributed by atoms with Gasteiger partial charge in [0.05, 0.1) is 18.8 Å². The monoisotopic (exact) mass is 467 g/mol. The van der Waals surface area contributed by atoms with Gasteiger partial charge >= 0.3 is 6.18 Å². The molecular weight excluding hydrogens is 447 g/mol. The average molecular weight is 468 g/mol. The first-order valence-electron chi connectivity index (χ1n) is 10.1. The van der Waals surface area contributed by atoms with Gasteiger partial charge in [-0.05, 0) is 49.9 Å². The van der Waals surface area contributed by atoms with Crippen molar-refractivity contribution in [2.75, 3.05) is 12.4 Å². The maximum absolute atomic E-state index is 13.4. The summed E-state index contributed by atoms with van der Waals surface area (Å²) in [6.45, 7) is 0. The number of rotatable bonds is 5. The van der Waals surface area contributed by atoms with Crippen molar-refractivity contribution in [2.24, 2.45) is 0 Å². The second-order valence-corrected chi connectivity index (χ2v) is 8.15. The number of nitrogens with zero attached hydrogens (tertiary/aromatic N) is 2. The maximum Gasteiger partial charge on any atom is 0.433 e. The van der Waals surface area contributed by atoms with Crippen LogP contribution in [0.15, 0.2) is 30.5 Å². The molecule has 1 aliphatic rings. The van der Waals surface area contributed by atoms with Crippen LogP contribution in [0.4, 0.5) is 18.9 Å². The van der Waals surface area contributed by atoms with Crippen LogP contribution in [0.25, 0.3) is 10.9 Å². The van der Waals surface area contributed by atoms with Crippen molar-refractivity contribution in [3.8, 4) is 5.88 Å². The first kappa shape index (κ1) is 22.2. The van der Waals surface area contributed by atoms with Crippen molar-refractivity contribution in [1.29, 1.82) is 0 Å². The fourth-order valence-electron chi connectivity index (χ4n) is 3.99. The number of alkyl halides is 3. The van der Waals surface area contributed by atoms with E-state index in [4.69, 9.17) is 16.3 Å². The van der Waals surface area contributed by atoms with Crippen LogP contribution in [-0.4, -0.2) is 40.3 Å². The number of ether oxygens (including phenoxy) is 1. The number of H-pyrrole nitrogens is 1. The molecule has 11 heteroatoms. The van der Waals surface area contributed by atoms with E-state index in [1.54, 1.807) is 6.07 Å². The largest absolute Gasteiger partial charge is 0.481 e. The third-order valence-corrected chi connectivity index (χ3v) is 5.72. The van der Waals surface area contributed by atoms with Gasteiger partial charge in [0.15, 0.2) is 0 Å². The molecule has 2 atom stereocenters. The summed E-state index contributed by atoms with van der Waals surface area (Å²) in [4.78, 5) is 16.3. The number of fused-ring (bicyclic) bond motifs is 1. The fourth-order valence-corrected chi connectivity index (χ4v) is 4.16. The lowest BCUT2D eigenvalue weighted by atomic mass is 9.90. The summed E-state index contributed by atoms with van der Waals surface area (Å²) < 4.78 is 45.2. The average Bonchev–Trinajstić information content (AvgIpc) is 3.22. The van der Waals surface area contributed by atoms with Crippen LogP contribution in [0.2, 0.25) is 5.02 Å². The first-order valence-corrected chi connectivity index (χ1v) is 10.4. The van der Waals surface area contributed by atoms with Crippen molar-refractivity contribution < 1.29 is 22.7 Å². The zero-order valence-electron chi connectivity index (χ0n) is 17.1. The molecule has 2 aromatic heterocycles. The number of benzene rings is 1. The number of halogens is 4. The number of carbonyl (C=O) groups is 1. The van der Waals surface area contributed by atoms with Crippen LogP contribution in [0.1, 0.15) is 41.7 Å². The van der Waals surface area contributed by atoms with Crippen LogP contribution >= 0.6 is 11.6 Å². The molecule has 1 fully saturated rings. The minimum Gasteiger partial charge on any atom is -0.481 e. The van der Waals surface area contributed by atoms with Crippen molar-refractivity contribution in [2.45, 2.75) is 43.9 Å². The highest BCUT2D eigenvalue weighted by Crippen LogP contribution is 2.35. The summed E-state index contributed by atoms with van der Waals surface area (Å²) in [5, 5.41) is 13.5. The van der Waals surface area contributed by atoms with Crippen LogP contribution in [0, 0.1) is 0 Å². The predicted molar refractivity (Wildman–Crippen MR) is 114 cm³/mol. The number of nitrogens with one attached hydrogen (secondary N) is 3. The Bertz CT molecular complexity index is 1130. The van der Waals surface area contributed by atoms with Crippen molar-refractivity contribution in [3.63, 3.8) is 0 Å². The molecule has 0 aliphatic heterocycles. The Kier molecular flexibility index (Phi) is 6.14. The van der Waals surface area contributed by atoms with E-state index in [2.05, 4.69) is 25.8 Å². The molecule has 0 saturated heterocycles. The van der Waals surface area contributed by atoms with E-state index in [1.807, 2.05) is 0 Å². The number of methoxy groups -OCH3 is 1. The van der Waals surface area contributed by atoms with Gasteiger partial charge in [-0.1, -0.05) is 11.6 Å². The topological polar surface area (TPSA) is 91.9 Å². The molecule has 2 heterocycles. The minimum absolute atomic E-state index is 0.133. The van der Waals surface area contributed by atoms with Gasteiger partial charge in [0.25, 0.3) is 5.91 Å². The Morgan fingerprint density at radius 3 is 2.78 bits per heavy atom. The molecule has 0 unspecified atom stereocenters. The highest BCUT2D eigenvalue weighted by atomic mass is 35.5. The van der Waals surface area contributed by atoms with Gasteiger partial charge in [-0.2, -0.15) is 18.3 Å². The fraction of sp³-hybridized carbons (Fsp3) is 0.381. The third kappa shape index (κ3) is 4.74. The molecule has 0 radical (unpaired) electrons. The molecule has 7 nitrogen and oxygen atoms in total. The number of carbonyl (C=O) groups excluding carboxylic acids is 1. The van der Waals surface area contributed by atoms with Gasteiger partial charge in [0, 0.05) is 28.2 Å². The number of hydrogen-bond donors (Lipinski definition) is 3. The third-order valence-electron chi connectivity index (χ3n) is 5.48. The van der Waals surface area contributed by atoms with E-state index in [9.17, 15) is 18.0 Å². The van der Waals surface area contributed by atoms with Crippen molar-refractivity contribution in [1.82, 2.24) is 20.5 Å². The predicted octanol–water partition coefficient (Wildman–Crippen LogP) is 4.79. The standard InChI is InChI=1S/C21H21ClF3N5O2/c1-32-20-15(10-26-30-20)19(31)28-13-4-2-3-12(8-13)27-17-9-18(21(23,24)25)29-16-6-5-11(22)7-14(16)17/h5-7,9-10,12-13H,2-4,8H2,1H3,(H,26,30)(H,27,29)(H,28,31)/t12-,13+/m0/s1. The van der Waals surface area contributed by atoms with E-state index in [0.29, 0.717) is 28.1 Å². The first-order chi connectivity index (χ1) is 15.2. The van der Waals surface area contributed by atoms with E-state index >= 15 is 0 Å². The van der Waals surface area contributed by atoms with Gasteiger partial charge in [-0.15, -0.1) is 0 Å². The molecule has 0 bridgehead atoms. The van der Waals surface area contributed by atoms with E-state index in [-0.39, 0.29) is 29.4 Å². The lowest BCUT2D eigenvalue weighted by molar-refractivity contribution is -0.140. The SMILES string of the molecule is COc1[nH]ncc1C(=O)N[C@@H]1CCC[C@H](Nc2cc(C(F)(F)F)nc3ccc(Cl)cc23)C1. The summed E-state index contributed by atoms with van der Waals surface area (Å²) in [6, 6.07) is 5.31. The Hall–Kier alpha value is -3.01. The number of aromatic nitrogens is 3. The summed E-state index contributed by atoms with van der Waals surface area (Å²) in [5.74, 6) is -0.0467. The number of amides is 1. The van der Waals surface area contributed by atoms with Gasteiger partial charge in [-0.25, -0.2) is 10.1 Å². The quantitative estimate of drug-likeness (QED) is 0.501. The number of aromatic amines is 1. The molecule has 3 N–H and O–H groups in total. The Morgan fingerprint density at radius 1 is 1.25 bits per heavy atom. The van der Waals surface area contributed by atoms with Crippen molar-refractivity contribution in [3.05, 3.63) is 46.7 Å². The van der Waals surface area contributed by atoms with Crippen LogP contribution in [-0.2, 0) is 6.18 Å². The maximum atomic E-state index is 13.4. The molecule has 1 aliphatic carbocycles. The van der Waals surface area contributed by atoms with E-state index < -0.39 is 11.9 Å². The molecule has 1 amide bonds. The smallest absolute Gasteiger partial charge is 0.433 e. The van der Waals surface area contributed by atoms with Crippen LogP contribution in [0.3, 0.4) is 0 Å². The van der Waals surface area contributed by atoms with Crippen LogP contribution < -0.4 is 15.4 Å². The van der Waals surface area contributed by atoms with Crippen molar-refractivity contribution >= 4 is 34.1 Å². The van der Waals surface area contributed by atoms with Gasteiger partial charge < -0.3 is 15.4 Å². The highest BCUT2D eigenvalue weighted by molar-refractivity contribution is 6.31. The summed E-state index contributed by atoms with van der Waals surface area (Å²) >= 11 is 6.07. The van der Waals surface area contributed by atoms with Gasteiger partial charge in [0.1, 0.15) is 11.3 Å². The zero-order valence-corrected chi connectivity index (χ0v) is 17.8. The minimum atomic E-state index is -4.57. The Labute approximate surface area is 186 Å². The molecular formula is C21H21ClF3N5O2. The molecule has 4 rings (SSSR count). The Balaban J connectivity index is 1.53. The van der Waals surface area contributed by atoms with E-state index in [1.165, 1.54) is 25.4 Å². The molecule has 32 heavy (non-hydrogen) atoms. The number of hydrogen-bond acceptors (Lipinski definition) is 5. The molecule has 3 aromatic rings. The molecule has 1 saturated carbocycles. The molecule has 170 valence electrons. The number of pyridine rings is 1. The van der Waals surface area contributed by atoms with Gasteiger partial charge in [0.2, 0.25) is 5.88 Å². The molecule has 1 aromatic carbocycles. The summed E-state index contributed by atoms with van der Waals surface area (Å²) in [6.07, 6.45) is -0.304. The second kappa shape index (κ2) is 8.85. The second-order valence-electron chi connectivity index (χ2n) is 7.71. The van der Waals surface area contributed by atoms with Gasteiger partial charge in [-0.3, -0.25) is 4.79 Å². The van der Waals surface area contributed by atoms with E-state index in [0.717, 1.165) is 25.3 Å². The highest BCUT2D eigenvalue weighted by Gasteiger charge is 2.34. The lowest BCUT2D eigenvalue weighted by Gasteiger charge is -2.31. The molecule has 0 spiro atoms. The summed E-state index contributed by atoms with van der Waals surface area (Å²) in [5.41, 5.74) is -0.146. The summed E-state index contributed by atoms with van der Waals surface area (Å²) in [7, 11) is 1.44. The zero-order chi connectivity index (χ0) is 22.9. The number of anilines is 1. The van der Waals surface area contributed by atoms with Crippen LogP contribution in [0.5, 0.6) is 5.88 Å². The lowest BCUT2D eigenvalue weighted by Crippen LogP contribution is -2.41. The normalized spacial score (nSPS) is 19.0.